The average molecular weight is 576 g/mol. The Morgan fingerprint density at radius 2 is 1.37 bits per heavy atom. The van der Waals surface area contributed by atoms with Gasteiger partial charge < -0.3 is 19.7 Å². The monoisotopic (exact) mass is 575 g/mol. The van der Waals surface area contributed by atoms with Gasteiger partial charge in [0.05, 0.1) is 7.11 Å². The molecule has 8 nitrogen and oxygen atoms in total. The summed E-state index contributed by atoms with van der Waals surface area (Å²) in [6.45, 7) is 6.28. The molecule has 0 aliphatic heterocycles. The van der Waals surface area contributed by atoms with Crippen molar-refractivity contribution in [2.24, 2.45) is 0 Å². The highest BCUT2D eigenvalue weighted by atomic mass is 16.5. The summed E-state index contributed by atoms with van der Waals surface area (Å²) < 4.78 is 10.7. The van der Waals surface area contributed by atoms with Crippen LogP contribution in [0.5, 0.6) is 5.75 Å². The second-order valence-electron chi connectivity index (χ2n) is 11.3. The molecule has 1 amide bonds. The molecule has 1 atom stereocenters. The van der Waals surface area contributed by atoms with Crippen LogP contribution in [0.2, 0.25) is 0 Å². The Morgan fingerprint density at radius 1 is 0.814 bits per heavy atom. The van der Waals surface area contributed by atoms with Crippen LogP contribution < -0.4 is 10.1 Å². The Morgan fingerprint density at radius 3 is 1.93 bits per heavy atom. The van der Waals surface area contributed by atoms with Gasteiger partial charge in [-0.25, -0.2) is 4.79 Å². The number of carbonyl (C=O) groups excluding carboxylic acids is 1. The summed E-state index contributed by atoms with van der Waals surface area (Å²) in [6, 6.07) is 29.1. The lowest BCUT2D eigenvalue weighted by Crippen LogP contribution is -2.42. The summed E-state index contributed by atoms with van der Waals surface area (Å²) >= 11 is 0. The summed E-state index contributed by atoms with van der Waals surface area (Å²) in [5, 5.41) is 16.5. The van der Waals surface area contributed by atoms with Gasteiger partial charge in [0.2, 0.25) is 5.82 Å². The lowest BCUT2D eigenvalue weighted by atomic mass is 9.86. The van der Waals surface area contributed by atoms with Crippen LogP contribution in [0.3, 0.4) is 0 Å². The number of benzene rings is 4. The first-order valence-electron chi connectivity index (χ1n) is 13.9. The standard InChI is InChI=1S/C35H33N3O5/c1-35(2,3)28-17-13-26(14-18-28)32(39)36-30(34(40)41)21-22-5-7-25(8-6-22)31-37-33(43-38-31)27-11-9-23(10-12-27)24-15-19-29(42-4)20-16-24/h5-20,30H,21H2,1-4H3,(H,36,39)(H,40,41)/t30-/m0/s1. The van der Waals surface area contributed by atoms with E-state index in [-0.39, 0.29) is 11.8 Å². The molecule has 5 rings (SSSR count). The number of ether oxygens (including phenoxy) is 1. The van der Waals surface area contributed by atoms with E-state index in [1.165, 1.54) is 0 Å². The Balaban J connectivity index is 1.23. The number of carboxylic acids is 1. The molecule has 0 saturated carbocycles. The van der Waals surface area contributed by atoms with Crippen LogP contribution in [-0.2, 0) is 16.6 Å². The number of nitrogens with zero attached hydrogens (tertiary/aromatic N) is 2. The van der Waals surface area contributed by atoms with Gasteiger partial charge in [-0.15, -0.1) is 0 Å². The summed E-state index contributed by atoms with van der Waals surface area (Å²) in [4.78, 5) is 29.3. The lowest BCUT2D eigenvalue weighted by Gasteiger charge is -2.19. The number of carboxylic acid groups (broad SMARTS) is 1. The second-order valence-corrected chi connectivity index (χ2v) is 11.3. The predicted octanol–water partition coefficient (Wildman–Crippen LogP) is 6.80. The summed E-state index contributed by atoms with van der Waals surface area (Å²) in [5.74, 6) is 0.0792. The molecule has 43 heavy (non-hydrogen) atoms. The largest absolute Gasteiger partial charge is 0.497 e. The molecule has 0 bridgehead atoms. The van der Waals surface area contributed by atoms with E-state index in [1.807, 2.05) is 72.8 Å². The van der Waals surface area contributed by atoms with E-state index in [2.05, 4.69) is 36.2 Å². The Labute approximate surface area is 250 Å². The first kappa shape index (κ1) is 29.3. The van der Waals surface area contributed by atoms with Gasteiger partial charge in [-0.3, -0.25) is 4.79 Å². The molecule has 218 valence electrons. The van der Waals surface area contributed by atoms with Crippen molar-refractivity contribution in [3.63, 3.8) is 0 Å². The highest BCUT2D eigenvalue weighted by Gasteiger charge is 2.22. The maximum atomic E-state index is 12.8. The smallest absolute Gasteiger partial charge is 0.326 e. The molecular formula is C35H33N3O5. The minimum absolute atomic E-state index is 0.0438. The number of aliphatic carboxylic acids is 1. The molecule has 2 N–H and O–H groups in total. The number of hydrogen-bond acceptors (Lipinski definition) is 6. The van der Waals surface area contributed by atoms with Crippen molar-refractivity contribution in [2.45, 2.75) is 38.6 Å². The number of methoxy groups -OCH3 is 1. The fourth-order valence-corrected chi connectivity index (χ4v) is 4.64. The molecule has 0 aliphatic rings. The third-order valence-corrected chi connectivity index (χ3v) is 7.25. The summed E-state index contributed by atoms with van der Waals surface area (Å²) in [6.07, 6.45) is 0.124. The molecule has 1 heterocycles. The van der Waals surface area contributed by atoms with E-state index in [4.69, 9.17) is 9.26 Å². The van der Waals surface area contributed by atoms with Crippen LogP contribution >= 0.6 is 0 Å². The molecule has 0 aliphatic carbocycles. The lowest BCUT2D eigenvalue weighted by molar-refractivity contribution is -0.139. The van der Waals surface area contributed by atoms with Gasteiger partial charge in [0.25, 0.3) is 11.8 Å². The van der Waals surface area contributed by atoms with E-state index >= 15 is 0 Å². The number of hydrogen-bond donors (Lipinski definition) is 2. The van der Waals surface area contributed by atoms with Gasteiger partial charge in [0.1, 0.15) is 11.8 Å². The van der Waals surface area contributed by atoms with Crippen molar-refractivity contribution >= 4 is 11.9 Å². The normalized spacial score (nSPS) is 12.0. The predicted molar refractivity (Wildman–Crippen MR) is 165 cm³/mol. The van der Waals surface area contributed by atoms with E-state index in [0.717, 1.165) is 39.1 Å². The third kappa shape index (κ3) is 6.98. The second kappa shape index (κ2) is 12.3. The van der Waals surface area contributed by atoms with Gasteiger partial charge >= 0.3 is 5.97 Å². The molecular weight excluding hydrogens is 542 g/mol. The van der Waals surface area contributed by atoms with Crippen LogP contribution in [0.1, 0.15) is 42.3 Å². The topological polar surface area (TPSA) is 115 Å². The van der Waals surface area contributed by atoms with Crippen LogP contribution in [0.15, 0.2) is 102 Å². The molecule has 0 saturated heterocycles. The van der Waals surface area contributed by atoms with Gasteiger partial charge in [0, 0.05) is 23.1 Å². The zero-order valence-electron chi connectivity index (χ0n) is 24.5. The summed E-state index contributed by atoms with van der Waals surface area (Å²) in [5.41, 5.74) is 5.85. The highest BCUT2D eigenvalue weighted by Crippen LogP contribution is 2.27. The molecule has 1 aromatic heterocycles. The molecule has 0 radical (unpaired) electrons. The maximum Gasteiger partial charge on any atom is 0.326 e. The Bertz CT molecular complexity index is 1700. The molecule has 8 heteroatoms. The summed E-state index contributed by atoms with van der Waals surface area (Å²) in [7, 11) is 1.64. The van der Waals surface area contributed by atoms with Crippen molar-refractivity contribution in [3.05, 3.63) is 114 Å². The SMILES string of the molecule is COc1ccc(-c2ccc(-c3nc(-c4ccc(C[C@H](NC(=O)c5ccc(C(C)(C)C)cc5)C(=O)O)cc4)no3)cc2)cc1. The number of carbonyl (C=O) groups is 2. The van der Waals surface area contributed by atoms with Crippen molar-refractivity contribution in [3.8, 4) is 39.7 Å². The van der Waals surface area contributed by atoms with E-state index in [9.17, 15) is 14.7 Å². The fourth-order valence-electron chi connectivity index (χ4n) is 4.64. The van der Waals surface area contributed by atoms with Crippen molar-refractivity contribution in [2.75, 3.05) is 7.11 Å². The third-order valence-electron chi connectivity index (χ3n) is 7.25. The maximum absolute atomic E-state index is 12.8. The molecule has 5 aromatic rings. The van der Waals surface area contributed by atoms with Crippen molar-refractivity contribution in [1.29, 1.82) is 0 Å². The molecule has 0 spiro atoms. The van der Waals surface area contributed by atoms with E-state index in [0.29, 0.717) is 17.3 Å². The zero-order chi connectivity index (χ0) is 30.6. The van der Waals surface area contributed by atoms with Crippen LogP contribution in [0.25, 0.3) is 34.0 Å². The Kier molecular flexibility index (Phi) is 8.39. The first-order valence-corrected chi connectivity index (χ1v) is 13.9. The minimum Gasteiger partial charge on any atom is -0.497 e. The van der Waals surface area contributed by atoms with E-state index < -0.39 is 17.9 Å². The van der Waals surface area contributed by atoms with Crippen LogP contribution in [0, 0.1) is 0 Å². The van der Waals surface area contributed by atoms with Crippen LogP contribution in [0.4, 0.5) is 0 Å². The van der Waals surface area contributed by atoms with Crippen LogP contribution in [-0.4, -0.2) is 40.3 Å². The van der Waals surface area contributed by atoms with Gasteiger partial charge in [0.15, 0.2) is 0 Å². The highest BCUT2D eigenvalue weighted by molar-refractivity contribution is 5.96. The number of amides is 1. The van der Waals surface area contributed by atoms with E-state index in [1.54, 1.807) is 31.4 Å². The first-order chi connectivity index (χ1) is 20.6. The van der Waals surface area contributed by atoms with Gasteiger partial charge in [-0.2, -0.15) is 4.98 Å². The molecule has 4 aromatic carbocycles. The van der Waals surface area contributed by atoms with Crippen molar-refractivity contribution < 1.29 is 24.0 Å². The number of rotatable bonds is 9. The Hall–Kier alpha value is -5.24. The molecule has 0 unspecified atom stereocenters. The quantitative estimate of drug-likeness (QED) is 0.199. The number of aromatic nitrogens is 2. The van der Waals surface area contributed by atoms with Gasteiger partial charge in [-0.05, 0) is 64.1 Å². The van der Waals surface area contributed by atoms with Crippen molar-refractivity contribution in [1.82, 2.24) is 15.5 Å². The zero-order valence-corrected chi connectivity index (χ0v) is 24.5. The fraction of sp³-hybridized carbons (Fsp3) is 0.200. The number of nitrogens with one attached hydrogen (secondary N) is 1. The van der Waals surface area contributed by atoms with Gasteiger partial charge in [-0.1, -0.05) is 86.6 Å². The average Bonchev–Trinajstić information content (AvgIpc) is 3.51. The minimum atomic E-state index is -1.11. The molecule has 0 fully saturated rings.